The maximum Gasteiger partial charge on any atom is 0.277 e. The summed E-state index contributed by atoms with van der Waals surface area (Å²) in [7, 11) is -3.41. The lowest BCUT2D eigenvalue weighted by Gasteiger charge is -2.31. The average Bonchev–Trinajstić information content (AvgIpc) is 2.16. The van der Waals surface area contributed by atoms with Gasteiger partial charge in [-0.05, 0) is 32.1 Å². The highest BCUT2D eigenvalue weighted by atomic mass is 32.5. The van der Waals surface area contributed by atoms with Gasteiger partial charge in [0, 0.05) is 6.54 Å². The van der Waals surface area contributed by atoms with E-state index in [0.29, 0.717) is 19.8 Å². The van der Waals surface area contributed by atoms with Crippen LogP contribution in [-0.4, -0.2) is 38.5 Å². The van der Waals surface area contributed by atoms with Crippen molar-refractivity contribution in [2.45, 2.75) is 33.6 Å². The minimum atomic E-state index is -3.41. The Morgan fingerprint density at radius 3 is 1.94 bits per heavy atom. The maximum atomic E-state index is 11.8. The second kappa shape index (κ2) is 7.81. The number of sulfonamides is 1. The van der Waals surface area contributed by atoms with Gasteiger partial charge in [-0.25, -0.2) is 8.42 Å². The van der Waals surface area contributed by atoms with Crippen LogP contribution in [0.15, 0.2) is 0 Å². The Labute approximate surface area is 110 Å². The van der Waals surface area contributed by atoms with Crippen molar-refractivity contribution in [3.63, 3.8) is 0 Å². The lowest BCUT2D eigenvalue weighted by molar-refractivity contribution is 0.239. The minimum Gasteiger partial charge on any atom is -0.317 e. The standard InChI is InChI=1S/C9H22NO4PS2/c1-5-8-9-10(17(4,11)12)15(16,13-6-2)14-7-3/h5-9H2,1-4H3. The van der Waals surface area contributed by atoms with Crippen LogP contribution in [0, 0.1) is 0 Å². The Kier molecular flexibility index (Phi) is 8.04. The fraction of sp³-hybridized carbons (Fsp3) is 1.00. The van der Waals surface area contributed by atoms with E-state index in [0.717, 1.165) is 19.1 Å². The second-order valence-electron chi connectivity index (χ2n) is 3.47. The van der Waals surface area contributed by atoms with E-state index in [4.69, 9.17) is 20.9 Å². The SMILES string of the molecule is CCCCN(P(=S)(OCC)OCC)S(C)(=O)=O. The molecule has 5 nitrogen and oxygen atoms in total. The predicted octanol–water partition coefficient (Wildman–Crippen LogP) is 2.35. The lowest BCUT2D eigenvalue weighted by Crippen LogP contribution is -2.30. The van der Waals surface area contributed by atoms with Crippen LogP contribution in [0.25, 0.3) is 0 Å². The zero-order valence-corrected chi connectivity index (χ0v) is 13.4. The van der Waals surface area contributed by atoms with Gasteiger partial charge in [-0.3, -0.25) is 0 Å². The number of rotatable bonds is 9. The van der Waals surface area contributed by atoms with Crippen LogP contribution in [0.1, 0.15) is 33.6 Å². The van der Waals surface area contributed by atoms with E-state index < -0.39 is 16.7 Å². The Morgan fingerprint density at radius 2 is 1.65 bits per heavy atom. The summed E-state index contributed by atoms with van der Waals surface area (Å²) in [5, 5.41) is 0. The van der Waals surface area contributed by atoms with Crippen LogP contribution in [0.5, 0.6) is 0 Å². The highest BCUT2D eigenvalue weighted by molar-refractivity contribution is 8.13. The van der Waals surface area contributed by atoms with E-state index in [1.54, 1.807) is 13.8 Å². The molecule has 17 heavy (non-hydrogen) atoms. The molecule has 0 N–H and O–H groups in total. The monoisotopic (exact) mass is 303 g/mol. The summed E-state index contributed by atoms with van der Waals surface area (Å²) in [5.41, 5.74) is 0. The molecule has 0 saturated heterocycles. The molecule has 0 saturated carbocycles. The Balaban J connectivity index is 5.15. The van der Waals surface area contributed by atoms with Crippen molar-refractivity contribution in [3.8, 4) is 0 Å². The number of hydrogen-bond donors (Lipinski definition) is 0. The van der Waals surface area contributed by atoms with Crippen molar-refractivity contribution >= 4 is 28.5 Å². The summed E-state index contributed by atoms with van der Waals surface area (Å²) in [6.45, 7) is 3.68. The smallest absolute Gasteiger partial charge is 0.277 e. The summed E-state index contributed by atoms with van der Waals surface area (Å²) < 4.78 is 35.5. The Hall–Kier alpha value is 0.480. The zero-order chi connectivity index (χ0) is 13.5. The average molecular weight is 303 g/mol. The van der Waals surface area contributed by atoms with E-state index in [1.165, 1.54) is 4.08 Å². The molecule has 0 rings (SSSR count). The van der Waals surface area contributed by atoms with Gasteiger partial charge in [0.1, 0.15) is 0 Å². The third kappa shape index (κ3) is 5.77. The Morgan fingerprint density at radius 1 is 1.18 bits per heavy atom. The molecule has 0 bridgehead atoms. The molecule has 0 fully saturated rings. The van der Waals surface area contributed by atoms with Gasteiger partial charge in [-0.2, -0.15) is 0 Å². The first-order valence-corrected chi connectivity index (χ1v) is 10.1. The van der Waals surface area contributed by atoms with Crippen molar-refractivity contribution in [3.05, 3.63) is 0 Å². The van der Waals surface area contributed by atoms with Gasteiger partial charge in [0.25, 0.3) is 6.64 Å². The minimum absolute atomic E-state index is 0.343. The van der Waals surface area contributed by atoms with Gasteiger partial charge in [0.2, 0.25) is 10.0 Å². The first-order chi connectivity index (χ1) is 7.81. The molecule has 0 aromatic carbocycles. The maximum absolute atomic E-state index is 11.8. The third-order valence-electron chi connectivity index (χ3n) is 1.94. The van der Waals surface area contributed by atoms with E-state index in [9.17, 15) is 8.42 Å². The molecule has 0 aromatic rings. The van der Waals surface area contributed by atoms with Gasteiger partial charge in [-0.15, -0.1) is 4.08 Å². The molecule has 0 aliphatic rings. The molecular weight excluding hydrogens is 281 g/mol. The first-order valence-electron chi connectivity index (χ1n) is 5.69. The molecule has 0 atom stereocenters. The molecule has 8 heteroatoms. The van der Waals surface area contributed by atoms with Gasteiger partial charge in [-0.1, -0.05) is 13.3 Å². The van der Waals surface area contributed by atoms with Gasteiger partial charge in [0.15, 0.2) is 0 Å². The molecule has 0 aliphatic carbocycles. The van der Waals surface area contributed by atoms with E-state index in [1.807, 2.05) is 6.92 Å². The molecule has 0 heterocycles. The molecule has 0 amide bonds. The van der Waals surface area contributed by atoms with E-state index >= 15 is 0 Å². The normalized spacial score (nSPS) is 13.2. The summed E-state index contributed by atoms with van der Waals surface area (Å²) >= 11 is 5.30. The third-order valence-corrected chi connectivity index (χ3v) is 7.88. The molecule has 0 aromatic heterocycles. The summed E-state index contributed by atoms with van der Waals surface area (Å²) in [5.74, 6) is 0. The zero-order valence-electron chi connectivity index (χ0n) is 10.9. The summed E-state index contributed by atoms with van der Waals surface area (Å²) in [6, 6.07) is 0. The van der Waals surface area contributed by atoms with Gasteiger partial charge >= 0.3 is 0 Å². The van der Waals surface area contributed by atoms with Crippen molar-refractivity contribution < 1.29 is 17.5 Å². The fourth-order valence-electron chi connectivity index (χ4n) is 1.26. The van der Waals surface area contributed by atoms with Crippen LogP contribution >= 0.6 is 6.64 Å². The molecule has 0 unspecified atom stereocenters. The van der Waals surface area contributed by atoms with Crippen molar-refractivity contribution in [1.29, 1.82) is 0 Å². The van der Waals surface area contributed by atoms with E-state index in [-0.39, 0.29) is 0 Å². The van der Waals surface area contributed by atoms with Gasteiger partial charge < -0.3 is 9.05 Å². The largest absolute Gasteiger partial charge is 0.317 e. The van der Waals surface area contributed by atoms with Crippen molar-refractivity contribution in [2.75, 3.05) is 26.0 Å². The van der Waals surface area contributed by atoms with Crippen LogP contribution < -0.4 is 0 Å². The second-order valence-corrected chi connectivity index (χ2v) is 8.96. The van der Waals surface area contributed by atoms with Crippen molar-refractivity contribution in [1.82, 2.24) is 4.08 Å². The number of nitrogens with zero attached hydrogens (tertiary/aromatic N) is 1. The fourth-order valence-corrected chi connectivity index (χ4v) is 6.79. The molecule has 0 spiro atoms. The Bertz CT molecular complexity index is 348. The molecule has 0 radical (unpaired) electrons. The summed E-state index contributed by atoms with van der Waals surface area (Å²) in [6.07, 6.45) is 2.77. The van der Waals surface area contributed by atoms with E-state index in [2.05, 4.69) is 0 Å². The van der Waals surface area contributed by atoms with Crippen LogP contribution in [-0.2, 0) is 30.9 Å². The van der Waals surface area contributed by atoms with Crippen LogP contribution in [0.3, 0.4) is 0 Å². The topological polar surface area (TPSA) is 55.8 Å². The molecule has 0 aliphatic heterocycles. The quantitative estimate of drug-likeness (QED) is 0.612. The van der Waals surface area contributed by atoms with Gasteiger partial charge in [0.05, 0.1) is 19.5 Å². The van der Waals surface area contributed by atoms with Crippen LogP contribution in [0.2, 0.25) is 0 Å². The number of unbranched alkanes of at least 4 members (excludes halogenated alkanes) is 1. The lowest BCUT2D eigenvalue weighted by atomic mass is 10.3. The predicted molar refractivity (Wildman–Crippen MR) is 74.0 cm³/mol. The first kappa shape index (κ1) is 17.5. The molecule has 104 valence electrons. The summed E-state index contributed by atoms with van der Waals surface area (Å²) in [4.78, 5) is 0. The number of hydrogen-bond acceptors (Lipinski definition) is 5. The highest BCUT2D eigenvalue weighted by Crippen LogP contribution is 2.53. The van der Waals surface area contributed by atoms with Crippen molar-refractivity contribution in [2.24, 2.45) is 0 Å². The highest BCUT2D eigenvalue weighted by Gasteiger charge is 2.34. The van der Waals surface area contributed by atoms with Crippen LogP contribution in [0.4, 0.5) is 0 Å². The molecular formula is C9H22NO4PS2.